The first-order chi connectivity index (χ1) is 7.34. The third kappa shape index (κ3) is 3.17. The molecule has 0 bridgehead atoms. The molecule has 88 valence electrons. The monoisotopic (exact) mass is 249 g/mol. The summed E-state index contributed by atoms with van der Waals surface area (Å²) in [5, 5.41) is 3.07. The van der Waals surface area contributed by atoms with Crippen molar-refractivity contribution in [2.75, 3.05) is 5.32 Å². The van der Waals surface area contributed by atoms with E-state index in [9.17, 15) is 13.2 Å². The molecule has 0 saturated heterocycles. The van der Waals surface area contributed by atoms with Gasteiger partial charge in [0.05, 0.1) is 16.3 Å². The number of benzene rings is 1. The molecule has 0 aliphatic heterocycles. The molecule has 5 heteroatoms. The van der Waals surface area contributed by atoms with Crippen molar-refractivity contribution in [3.63, 3.8) is 0 Å². The zero-order chi connectivity index (χ0) is 12.3. The van der Waals surface area contributed by atoms with Crippen molar-refractivity contribution in [1.29, 1.82) is 0 Å². The van der Waals surface area contributed by atoms with Gasteiger partial charge in [-0.3, -0.25) is 0 Å². The lowest BCUT2D eigenvalue weighted by molar-refractivity contribution is -0.137. The third-order valence-corrected chi connectivity index (χ3v) is 2.36. The Morgan fingerprint density at radius 1 is 1.44 bits per heavy atom. The molecule has 16 heavy (non-hydrogen) atoms. The number of nitrogens with one attached hydrogen (secondary N) is 1. The molecule has 0 fully saturated rings. The van der Waals surface area contributed by atoms with Crippen LogP contribution in [0.15, 0.2) is 30.9 Å². The van der Waals surface area contributed by atoms with E-state index < -0.39 is 11.7 Å². The van der Waals surface area contributed by atoms with Gasteiger partial charge in [-0.2, -0.15) is 13.2 Å². The number of anilines is 1. The number of halogens is 4. The molecule has 1 aromatic rings. The lowest BCUT2D eigenvalue weighted by Crippen LogP contribution is -2.13. The Bertz CT molecular complexity index is 387. The molecule has 0 amide bonds. The van der Waals surface area contributed by atoms with Crippen molar-refractivity contribution in [2.24, 2.45) is 0 Å². The molecule has 1 unspecified atom stereocenters. The second-order valence-corrected chi connectivity index (χ2v) is 3.77. The summed E-state index contributed by atoms with van der Waals surface area (Å²) in [5.74, 6) is 0. The SMILES string of the molecule is C=CC(C)Nc1cc(C(F)(F)F)ccc1Cl. The lowest BCUT2D eigenvalue weighted by atomic mass is 10.2. The van der Waals surface area contributed by atoms with Crippen molar-refractivity contribution in [3.8, 4) is 0 Å². The van der Waals surface area contributed by atoms with Crippen LogP contribution >= 0.6 is 11.6 Å². The summed E-state index contributed by atoms with van der Waals surface area (Å²) in [6, 6.07) is 3.01. The van der Waals surface area contributed by atoms with Gasteiger partial charge in [0.15, 0.2) is 0 Å². The van der Waals surface area contributed by atoms with Crippen LogP contribution in [0.1, 0.15) is 12.5 Å². The van der Waals surface area contributed by atoms with Gasteiger partial charge in [-0.15, -0.1) is 6.58 Å². The average Bonchev–Trinajstić information content (AvgIpc) is 2.19. The third-order valence-electron chi connectivity index (χ3n) is 2.03. The standard InChI is InChI=1S/C11H11ClF3N/c1-3-7(2)16-10-6-8(11(13,14)15)4-5-9(10)12/h3-7,16H,1H2,2H3. The first-order valence-electron chi connectivity index (χ1n) is 4.60. The Morgan fingerprint density at radius 3 is 2.56 bits per heavy atom. The highest BCUT2D eigenvalue weighted by molar-refractivity contribution is 6.33. The first-order valence-corrected chi connectivity index (χ1v) is 4.98. The van der Waals surface area contributed by atoms with E-state index in [4.69, 9.17) is 11.6 Å². The van der Waals surface area contributed by atoms with E-state index in [1.807, 2.05) is 0 Å². The molecule has 0 saturated carbocycles. The number of hydrogen-bond donors (Lipinski definition) is 1. The van der Waals surface area contributed by atoms with Gasteiger partial charge < -0.3 is 5.32 Å². The highest BCUT2D eigenvalue weighted by Gasteiger charge is 2.30. The van der Waals surface area contributed by atoms with Gasteiger partial charge in [-0.1, -0.05) is 17.7 Å². The lowest BCUT2D eigenvalue weighted by Gasteiger charge is -2.15. The maximum absolute atomic E-state index is 12.4. The minimum atomic E-state index is -4.36. The highest BCUT2D eigenvalue weighted by atomic mass is 35.5. The topological polar surface area (TPSA) is 12.0 Å². The zero-order valence-electron chi connectivity index (χ0n) is 8.61. The summed E-state index contributed by atoms with van der Waals surface area (Å²) in [6.45, 7) is 5.30. The summed E-state index contributed by atoms with van der Waals surface area (Å²) in [6.07, 6.45) is -2.78. The Kier molecular flexibility index (Phi) is 3.86. The van der Waals surface area contributed by atoms with Crippen molar-refractivity contribution < 1.29 is 13.2 Å². The molecule has 0 aromatic heterocycles. The molecule has 1 aromatic carbocycles. The molecule has 1 nitrogen and oxygen atoms in total. The normalized spacial score (nSPS) is 13.3. The molecule has 1 rings (SSSR count). The Hall–Kier alpha value is -1.16. The quantitative estimate of drug-likeness (QED) is 0.786. The van der Waals surface area contributed by atoms with Gasteiger partial charge in [-0.05, 0) is 25.1 Å². The molecule has 0 aliphatic carbocycles. The summed E-state index contributed by atoms with van der Waals surface area (Å²) >= 11 is 5.78. The zero-order valence-corrected chi connectivity index (χ0v) is 9.36. The first kappa shape index (κ1) is 12.9. The van der Waals surface area contributed by atoms with Gasteiger partial charge in [0.2, 0.25) is 0 Å². The molecule has 0 heterocycles. The summed E-state index contributed by atoms with van der Waals surface area (Å²) in [4.78, 5) is 0. The number of alkyl halides is 3. The van der Waals surface area contributed by atoms with Gasteiger partial charge in [0.25, 0.3) is 0 Å². The number of hydrogen-bond acceptors (Lipinski definition) is 1. The van der Waals surface area contributed by atoms with Crippen LogP contribution < -0.4 is 5.32 Å². The van der Waals surface area contributed by atoms with Crippen LogP contribution in [-0.2, 0) is 6.18 Å². The van der Waals surface area contributed by atoms with Crippen LogP contribution in [0, 0.1) is 0 Å². The molecule has 0 radical (unpaired) electrons. The smallest absolute Gasteiger partial charge is 0.378 e. The molecule has 1 atom stereocenters. The molecular weight excluding hydrogens is 239 g/mol. The molecule has 0 aliphatic rings. The Morgan fingerprint density at radius 2 is 2.06 bits per heavy atom. The van der Waals surface area contributed by atoms with Crippen LogP contribution in [0.3, 0.4) is 0 Å². The maximum atomic E-state index is 12.4. The average molecular weight is 250 g/mol. The Balaban J connectivity index is 3.04. The minimum absolute atomic E-state index is 0.152. The largest absolute Gasteiger partial charge is 0.416 e. The summed E-state index contributed by atoms with van der Waals surface area (Å²) in [7, 11) is 0. The van der Waals surface area contributed by atoms with E-state index in [2.05, 4.69) is 11.9 Å². The van der Waals surface area contributed by atoms with E-state index in [0.717, 1.165) is 12.1 Å². The van der Waals surface area contributed by atoms with E-state index in [1.165, 1.54) is 6.07 Å². The van der Waals surface area contributed by atoms with Gasteiger partial charge >= 0.3 is 6.18 Å². The van der Waals surface area contributed by atoms with Crippen LogP contribution in [0.2, 0.25) is 5.02 Å². The van der Waals surface area contributed by atoms with E-state index in [-0.39, 0.29) is 16.8 Å². The number of rotatable bonds is 3. The van der Waals surface area contributed by atoms with E-state index in [1.54, 1.807) is 13.0 Å². The van der Waals surface area contributed by atoms with Crippen molar-refractivity contribution in [3.05, 3.63) is 41.4 Å². The van der Waals surface area contributed by atoms with Crippen LogP contribution in [0.5, 0.6) is 0 Å². The summed E-state index contributed by atoms with van der Waals surface area (Å²) in [5.41, 5.74) is -0.473. The van der Waals surface area contributed by atoms with Crippen molar-refractivity contribution in [1.82, 2.24) is 0 Å². The fourth-order valence-electron chi connectivity index (χ4n) is 1.12. The maximum Gasteiger partial charge on any atom is 0.416 e. The van der Waals surface area contributed by atoms with Gasteiger partial charge in [0.1, 0.15) is 0 Å². The predicted molar refractivity (Wildman–Crippen MR) is 59.7 cm³/mol. The summed E-state index contributed by atoms with van der Waals surface area (Å²) < 4.78 is 37.3. The predicted octanol–water partition coefficient (Wildman–Crippen LogP) is 4.35. The van der Waals surface area contributed by atoms with Gasteiger partial charge in [-0.25, -0.2) is 0 Å². The molecular formula is C11H11ClF3N. The van der Waals surface area contributed by atoms with Gasteiger partial charge in [0, 0.05) is 6.04 Å². The fourth-order valence-corrected chi connectivity index (χ4v) is 1.29. The van der Waals surface area contributed by atoms with E-state index >= 15 is 0 Å². The second kappa shape index (κ2) is 4.78. The van der Waals surface area contributed by atoms with Crippen molar-refractivity contribution >= 4 is 17.3 Å². The molecule has 0 spiro atoms. The van der Waals surface area contributed by atoms with Crippen LogP contribution in [0.25, 0.3) is 0 Å². The second-order valence-electron chi connectivity index (χ2n) is 3.36. The highest BCUT2D eigenvalue weighted by Crippen LogP contribution is 2.33. The van der Waals surface area contributed by atoms with Crippen LogP contribution in [0.4, 0.5) is 18.9 Å². The fraction of sp³-hybridized carbons (Fsp3) is 0.273. The minimum Gasteiger partial charge on any atom is -0.378 e. The van der Waals surface area contributed by atoms with Crippen molar-refractivity contribution in [2.45, 2.75) is 19.1 Å². The molecule has 1 N–H and O–H groups in total. The van der Waals surface area contributed by atoms with E-state index in [0.29, 0.717) is 0 Å². The Labute approximate surface area is 96.9 Å². The van der Waals surface area contributed by atoms with Crippen LogP contribution in [-0.4, -0.2) is 6.04 Å².